The van der Waals surface area contributed by atoms with Gasteiger partial charge in [-0.05, 0) is 55.1 Å². The van der Waals surface area contributed by atoms with E-state index in [1.807, 2.05) is 74.5 Å². The van der Waals surface area contributed by atoms with Crippen molar-refractivity contribution in [2.75, 3.05) is 18.0 Å². The van der Waals surface area contributed by atoms with Gasteiger partial charge in [0.05, 0.1) is 0 Å². The standard InChI is InChI=1S/C29H24N2O3/c1-19-13-15-22(16-14-19)27(32)30(25-12-4-3-7-20(25)2)17-18-31-28(33)23-10-5-8-21-9-6-11-24(26(21)23)29(31)34/h3-16H,17-18H2,1-2H3. The van der Waals surface area contributed by atoms with Gasteiger partial charge in [-0.3, -0.25) is 19.3 Å². The van der Waals surface area contributed by atoms with Gasteiger partial charge in [0.2, 0.25) is 0 Å². The van der Waals surface area contributed by atoms with Crippen LogP contribution in [0, 0.1) is 13.8 Å². The number of para-hydroxylation sites is 1. The molecular weight excluding hydrogens is 424 g/mol. The molecule has 4 aromatic carbocycles. The fourth-order valence-electron chi connectivity index (χ4n) is 4.53. The number of nitrogens with zero attached hydrogens (tertiary/aromatic N) is 2. The Labute approximate surface area is 198 Å². The van der Waals surface area contributed by atoms with Gasteiger partial charge in [-0.25, -0.2) is 0 Å². The number of hydrogen-bond acceptors (Lipinski definition) is 3. The smallest absolute Gasteiger partial charge is 0.261 e. The van der Waals surface area contributed by atoms with Crippen molar-refractivity contribution in [1.82, 2.24) is 4.90 Å². The van der Waals surface area contributed by atoms with E-state index in [2.05, 4.69) is 0 Å². The van der Waals surface area contributed by atoms with E-state index in [-0.39, 0.29) is 30.8 Å². The Morgan fingerprint density at radius 1 is 0.765 bits per heavy atom. The van der Waals surface area contributed by atoms with Gasteiger partial charge in [0.1, 0.15) is 0 Å². The predicted molar refractivity (Wildman–Crippen MR) is 133 cm³/mol. The maximum Gasteiger partial charge on any atom is 0.261 e. The summed E-state index contributed by atoms with van der Waals surface area (Å²) in [5, 5.41) is 1.56. The lowest BCUT2D eigenvalue weighted by Crippen LogP contribution is -2.46. The Kier molecular flexibility index (Phi) is 5.46. The number of aryl methyl sites for hydroxylation is 2. The summed E-state index contributed by atoms with van der Waals surface area (Å²) in [5.74, 6) is -0.836. The van der Waals surface area contributed by atoms with Crippen LogP contribution in [0.3, 0.4) is 0 Å². The highest BCUT2D eigenvalue weighted by Crippen LogP contribution is 2.30. The Bertz CT molecular complexity index is 1390. The summed E-state index contributed by atoms with van der Waals surface area (Å²) in [5.41, 5.74) is 4.35. The third-order valence-electron chi connectivity index (χ3n) is 6.35. The summed E-state index contributed by atoms with van der Waals surface area (Å²) in [6.07, 6.45) is 0. The van der Waals surface area contributed by atoms with Crippen LogP contribution >= 0.6 is 0 Å². The molecule has 4 aromatic rings. The molecule has 0 spiro atoms. The molecule has 1 heterocycles. The molecule has 0 saturated carbocycles. The largest absolute Gasteiger partial charge is 0.306 e. The molecule has 168 valence electrons. The molecule has 0 radical (unpaired) electrons. The van der Waals surface area contributed by atoms with Crippen LogP contribution in [0.2, 0.25) is 0 Å². The lowest BCUT2D eigenvalue weighted by atomic mass is 9.94. The van der Waals surface area contributed by atoms with Crippen molar-refractivity contribution in [2.24, 2.45) is 0 Å². The molecule has 0 atom stereocenters. The number of anilines is 1. The quantitative estimate of drug-likeness (QED) is 0.384. The van der Waals surface area contributed by atoms with Crippen molar-refractivity contribution in [2.45, 2.75) is 13.8 Å². The maximum atomic E-state index is 13.5. The Morgan fingerprint density at radius 3 is 2.00 bits per heavy atom. The van der Waals surface area contributed by atoms with Crippen LogP contribution in [0.25, 0.3) is 10.8 Å². The topological polar surface area (TPSA) is 57.7 Å². The molecule has 0 saturated heterocycles. The van der Waals surface area contributed by atoms with Crippen LogP contribution in [0.15, 0.2) is 84.9 Å². The number of carbonyl (C=O) groups excluding carboxylic acids is 3. The molecule has 0 aromatic heterocycles. The van der Waals surface area contributed by atoms with E-state index in [4.69, 9.17) is 0 Å². The normalized spacial score (nSPS) is 12.8. The lowest BCUT2D eigenvalue weighted by Gasteiger charge is -2.31. The molecule has 0 fully saturated rings. The highest BCUT2D eigenvalue weighted by atomic mass is 16.2. The van der Waals surface area contributed by atoms with Crippen LogP contribution in [0.4, 0.5) is 5.69 Å². The summed E-state index contributed by atoms with van der Waals surface area (Å²) < 4.78 is 0. The molecule has 5 heteroatoms. The molecule has 0 bridgehead atoms. The van der Waals surface area contributed by atoms with E-state index >= 15 is 0 Å². The predicted octanol–water partition coefficient (Wildman–Crippen LogP) is 5.40. The van der Waals surface area contributed by atoms with Crippen LogP contribution in [0.5, 0.6) is 0 Å². The molecule has 0 N–H and O–H groups in total. The summed E-state index contributed by atoms with van der Waals surface area (Å²) in [6.45, 7) is 4.19. The van der Waals surface area contributed by atoms with Gasteiger partial charge < -0.3 is 4.90 Å². The van der Waals surface area contributed by atoms with E-state index in [1.54, 1.807) is 29.2 Å². The van der Waals surface area contributed by atoms with Gasteiger partial charge in [0.15, 0.2) is 0 Å². The first-order valence-electron chi connectivity index (χ1n) is 11.3. The summed E-state index contributed by atoms with van der Waals surface area (Å²) >= 11 is 0. The summed E-state index contributed by atoms with van der Waals surface area (Å²) in [7, 11) is 0. The van der Waals surface area contributed by atoms with Crippen molar-refractivity contribution in [1.29, 1.82) is 0 Å². The number of benzene rings is 4. The Balaban J connectivity index is 1.48. The summed E-state index contributed by atoms with van der Waals surface area (Å²) in [6, 6.07) is 26.0. The molecule has 34 heavy (non-hydrogen) atoms. The second-order valence-corrected chi connectivity index (χ2v) is 8.58. The highest BCUT2D eigenvalue weighted by molar-refractivity contribution is 6.25. The van der Waals surface area contributed by atoms with Crippen LogP contribution in [0.1, 0.15) is 42.2 Å². The average Bonchev–Trinajstić information content (AvgIpc) is 2.85. The number of amides is 3. The zero-order valence-corrected chi connectivity index (χ0v) is 19.1. The van der Waals surface area contributed by atoms with Gasteiger partial charge >= 0.3 is 0 Å². The SMILES string of the molecule is Cc1ccc(C(=O)N(CCN2C(=O)c3cccc4cccc(c34)C2=O)c2ccccc2C)cc1. The number of imide groups is 1. The summed E-state index contributed by atoms with van der Waals surface area (Å²) in [4.78, 5) is 43.1. The highest BCUT2D eigenvalue weighted by Gasteiger charge is 2.33. The third kappa shape index (κ3) is 3.65. The van der Waals surface area contributed by atoms with E-state index in [0.29, 0.717) is 22.1 Å². The number of carbonyl (C=O) groups is 3. The van der Waals surface area contributed by atoms with E-state index in [1.165, 1.54) is 4.90 Å². The number of hydrogen-bond donors (Lipinski definition) is 0. The van der Waals surface area contributed by atoms with Gasteiger partial charge in [-0.1, -0.05) is 60.2 Å². The third-order valence-corrected chi connectivity index (χ3v) is 6.35. The minimum atomic E-state index is -0.332. The Morgan fingerprint density at radius 2 is 1.38 bits per heavy atom. The maximum absolute atomic E-state index is 13.5. The van der Waals surface area contributed by atoms with Gasteiger partial charge in [0, 0.05) is 40.9 Å². The minimum absolute atomic E-state index is 0.0916. The van der Waals surface area contributed by atoms with Crippen LogP contribution < -0.4 is 4.90 Å². The van der Waals surface area contributed by atoms with Gasteiger partial charge in [0.25, 0.3) is 17.7 Å². The van der Waals surface area contributed by atoms with Crippen molar-refractivity contribution in [3.05, 3.63) is 113 Å². The second-order valence-electron chi connectivity index (χ2n) is 8.58. The van der Waals surface area contributed by atoms with Crippen molar-refractivity contribution < 1.29 is 14.4 Å². The van der Waals surface area contributed by atoms with Gasteiger partial charge in [-0.2, -0.15) is 0 Å². The zero-order valence-electron chi connectivity index (χ0n) is 19.1. The fraction of sp³-hybridized carbons (Fsp3) is 0.138. The van der Waals surface area contributed by atoms with Crippen LogP contribution in [-0.4, -0.2) is 35.7 Å². The molecule has 5 rings (SSSR count). The fourth-order valence-corrected chi connectivity index (χ4v) is 4.53. The first kappa shape index (κ1) is 21.6. The first-order valence-corrected chi connectivity index (χ1v) is 11.3. The second kappa shape index (κ2) is 8.60. The lowest BCUT2D eigenvalue weighted by molar-refractivity contribution is 0.0611. The van der Waals surface area contributed by atoms with Crippen molar-refractivity contribution in [3.8, 4) is 0 Å². The minimum Gasteiger partial charge on any atom is -0.306 e. The molecule has 0 unspecified atom stereocenters. The molecular formula is C29H24N2O3. The van der Waals surface area contributed by atoms with E-state index < -0.39 is 0 Å². The molecule has 1 aliphatic rings. The molecule has 3 amide bonds. The van der Waals surface area contributed by atoms with E-state index in [9.17, 15) is 14.4 Å². The monoisotopic (exact) mass is 448 g/mol. The van der Waals surface area contributed by atoms with Crippen molar-refractivity contribution in [3.63, 3.8) is 0 Å². The number of rotatable bonds is 5. The van der Waals surface area contributed by atoms with E-state index in [0.717, 1.165) is 22.2 Å². The van der Waals surface area contributed by atoms with Gasteiger partial charge in [-0.15, -0.1) is 0 Å². The Hall–Kier alpha value is -4.25. The first-order chi connectivity index (χ1) is 16.5. The van der Waals surface area contributed by atoms with Crippen LogP contribution in [-0.2, 0) is 0 Å². The molecule has 0 aliphatic carbocycles. The molecule has 1 aliphatic heterocycles. The zero-order chi connectivity index (χ0) is 23.8. The molecule has 5 nitrogen and oxygen atoms in total. The average molecular weight is 449 g/mol. The van der Waals surface area contributed by atoms with Crippen molar-refractivity contribution >= 4 is 34.2 Å².